The Morgan fingerprint density at radius 3 is 2.41 bits per heavy atom. The van der Waals surface area contributed by atoms with Crippen molar-refractivity contribution in [2.24, 2.45) is 0 Å². The highest BCUT2D eigenvalue weighted by Crippen LogP contribution is 2.22. The molecule has 0 radical (unpaired) electrons. The number of amides is 1. The van der Waals surface area contributed by atoms with Crippen LogP contribution in [0.1, 0.15) is 12.8 Å². The van der Waals surface area contributed by atoms with Crippen molar-refractivity contribution in [1.29, 1.82) is 0 Å². The number of halogens is 3. The Bertz CT molecular complexity index is 426. The van der Waals surface area contributed by atoms with E-state index in [0.717, 1.165) is 18.6 Å². The quantitative estimate of drug-likeness (QED) is 0.575. The lowest BCUT2D eigenvalue weighted by molar-refractivity contribution is -0.117. The van der Waals surface area contributed by atoms with Crippen LogP contribution in [0.5, 0.6) is 0 Å². The molecule has 0 aromatic heterocycles. The zero-order valence-electron chi connectivity index (χ0n) is 8.83. The van der Waals surface area contributed by atoms with Crippen LogP contribution in [0.3, 0.4) is 0 Å². The minimum atomic E-state index is -0.915. The standard InChI is InChI=1S/C10H9F2NO.CHClO/c11-8-4-3-7(6-9(8)12)13-5-1-2-10(13)14;2-1-3/h3-4,6H,1-2,5H2;1H. The highest BCUT2D eigenvalue weighted by molar-refractivity contribution is 6.54. The van der Waals surface area contributed by atoms with Gasteiger partial charge in [0.15, 0.2) is 11.6 Å². The number of rotatable bonds is 1. The molecule has 2 rings (SSSR count). The molecular formula is C11H10ClF2NO2. The summed E-state index contributed by atoms with van der Waals surface area (Å²) in [7, 11) is 0. The molecule has 3 nitrogen and oxygen atoms in total. The zero-order chi connectivity index (χ0) is 12.8. The third-order valence-electron chi connectivity index (χ3n) is 2.29. The van der Waals surface area contributed by atoms with Crippen molar-refractivity contribution in [3.05, 3.63) is 29.8 Å². The summed E-state index contributed by atoms with van der Waals surface area (Å²) >= 11 is 4.32. The molecule has 0 aliphatic carbocycles. The lowest BCUT2D eigenvalue weighted by atomic mass is 10.3. The van der Waals surface area contributed by atoms with E-state index in [1.165, 1.54) is 11.0 Å². The molecule has 1 aromatic carbocycles. The van der Waals surface area contributed by atoms with Gasteiger partial charge < -0.3 is 4.90 Å². The molecular weight excluding hydrogens is 252 g/mol. The SMILES string of the molecule is O=C1CCCN1c1ccc(F)c(F)c1.O=CCl. The average molecular weight is 262 g/mol. The second-order valence-electron chi connectivity index (χ2n) is 3.34. The molecule has 92 valence electrons. The van der Waals surface area contributed by atoms with Crippen molar-refractivity contribution in [2.45, 2.75) is 12.8 Å². The molecule has 1 aliphatic heterocycles. The molecule has 0 saturated carbocycles. The van der Waals surface area contributed by atoms with Crippen molar-refractivity contribution in [1.82, 2.24) is 0 Å². The Morgan fingerprint density at radius 1 is 1.29 bits per heavy atom. The van der Waals surface area contributed by atoms with Crippen molar-refractivity contribution in [3.8, 4) is 0 Å². The van der Waals surface area contributed by atoms with E-state index in [1.807, 2.05) is 0 Å². The van der Waals surface area contributed by atoms with Crippen LogP contribution in [-0.2, 0) is 9.59 Å². The lowest BCUT2D eigenvalue weighted by Crippen LogP contribution is -2.23. The number of nitrogens with zero attached hydrogens (tertiary/aromatic N) is 1. The van der Waals surface area contributed by atoms with Crippen LogP contribution in [0.4, 0.5) is 14.5 Å². The van der Waals surface area contributed by atoms with Gasteiger partial charge in [0.2, 0.25) is 11.7 Å². The predicted molar refractivity (Wildman–Crippen MR) is 60.5 cm³/mol. The van der Waals surface area contributed by atoms with Gasteiger partial charge in [-0.05, 0) is 30.2 Å². The number of hydrogen-bond donors (Lipinski definition) is 0. The van der Waals surface area contributed by atoms with Crippen LogP contribution in [0, 0.1) is 11.6 Å². The number of hydrogen-bond acceptors (Lipinski definition) is 2. The summed E-state index contributed by atoms with van der Waals surface area (Å²) in [5, 5.41) is 0. The number of carbonyl (C=O) groups excluding carboxylic acids is 2. The zero-order valence-corrected chi connectivity index (χ0v) is 9.58. The van der Waals surface area contributed by atoms with Gasteiger partial charge in [-0.25, -0.2) is 8.78 Å². The Balaban J connectivity index is 0.000000437. The fourth-order valence-electron chi connectivity index (χ4n) is 1.57. The molecule has 1 aromatic rings. The first-order chi connectivity index (χ1) is 8.10. The Morgan fingerprint density at radius 2 is 1.94 bits per heavy atom. The molecule has 1 saturated heterocycles. The van der Waals surface area contributed by atoms with E-state index in [0.29, 0.717) is 18.7 Å². The second kappa shape index (κ2) is 6.30. The summed E-state index contributed by atoms with van der Waals surface area (Å²) < 4.78 is 25.5. The first-order valence-electron chi connectivity index (χ1n) is 4.89. The van der Waals surface area contributed by atoms with Gasteiger partial charge in [-0.1, -0.05) is 0 Å². The summed E-state index contributed by atoms with van der Waals surface area (Å²) in [6.07, 6.45) is 1.26. The first kappa shape index (κ1) is 13.6. The highest BCUT2D eigenvalue weighted by atomic mass is 35.5. The molecule has 0 spiro atoms. The lowest BCUT2D eigenvalue weighted by Gasteiger charge is -2.15. The fourth-order valence-corrected chi connectivity index (χ4v) is 1.57. The van der Waals surface area contributed by atoms with E-state index in [4.69, 9.17) is 4.79 Å². The predicted octanol–water partition coefficient (Wildman–Crippen LogP) is 2.51. The van der Waals surface area contributed by atoms with Crippen LogP contribution in [0.2, 0.25) is 0 Å². The van der Waals surface area contributed by atoms with Gasteiger partial charge in [0.1, 0.15) is 0 Å². The third kappa shape index (κ3) is 3.49. The van der Waals surface area contributed by atoms with E-state index >= 15 is 0 Å². The molecule has 1 amide bonds. The summed E-state index contributed by atoms with van der Waals surface area (Å²) in [6, 6.07) is 3.51. The average Bonchev–Trinajstić information content (AvgIpc) is 2.70. The topological polar surface area (TPSA) is 37.4 Å². The van der Waals surface area contributed by atoms with Crippen molar-refractivity contribution >= 4 is 28.9 Å². The highest BCUT2D eigenvalue weighted by Gasteiger charge is 2.22. The molecule has 0 atom stereocenters. The minimum absolute atomic E-state index is 0.0315. The molecule has 0 unspecified atom stereocenters. The van der Waals surface area contributed by atoms with E-state index < -0.39 is 11.6 Å². The smallest absolute Gasteiger partial charge is 0.227 e. The Hall–Kier alpha value is -1.49. The van der Waals surface area contributed by atoms with E-state index in [-0.39, 0.29) is 11.7 Å². The van der Waals surface area contributed by atoms with E-state index in [2.05, 4.69) is 11.6 Å². The maximum absolute atomic E-state index is 12.8. The largest absolute Gasteiger partial charge is 0.312 e. The monoisotopic (exact) mass is 261 g/mol. The first-order valence-corrected chi connectivity index (χ1v) is 5.33. The van der Waals surface area contributed by atoms with Gasteiger partial charge >= 0.3 is 0 Å². The van der Waals surface area contributed by atoms with Crippen LogP contribution in [0.15, 0.2) is 18.2 Å². The Labute approximate surface area is 102 Å². The van der Waals surface area contributed by atoms with Gasteiger partial charge in [-0.15, -0.1) is 0 Å². The summed E-state index contributed by atoms with van der Waals surface area (Å²) in [4.78, 5) is 21.3. The number of anilines is 1. The van der Waals surface area contributed by atoms with Crippen molar-refractivity contribution in [3.63, 3.8) is 0 Å². The van der Waals surface area contributed by atoms with Gasteiger partial charge in [0.25, 0.3) is 0 Å². The van der Waals surface area contributed by atoms with Gasteiger partial charge in [0, 0.05) is 24.7 Å². The van der Waals surface area contributed by atoms with Gasteiger partial charge in [0.05, 0.1) is 0 Å². The molecule has 1 fully saturated rings. The second-order valence-corrected chi connectivity index (χ2v) is 3.51. The third-order valence-corrected chi connectivity index (χ3v) is 2.29. The van der Waals surface area contributed by atoms with E-state index in [9.17, 15) is 13.6 Å². The summed E-state index contributed by atoms with van der Waals surface area (Å²) in [5.41, 5.74) is 0.436. The molecule has 0 bridgehead atoms. The van der Waals surface area contributed by atoms with Crippen LogP contribution < -0.4 is 4.90 Å². The van der Waals surface area contributed by atoms with Gasteiger partial charge in [-0.2, -0.15) is 0 Å². The fraction of sp³-hybridized carbons (Fsp3) is 0.273. The van der Waals surface area contributed by atoms with Crippen molar-refractivity contribution in [2.75, 3.05) is 11.4 Å². The minimum Gasteiger partial charge on any atom is -0.312 e. The molecule has 1 heterocycles. The summed E-state index contributed by atoms with van der Waals surface area (Å²) in [6.45, 7) is 0.587. The van der Waals surface area contributed by atoms with Crippen LogP contribution >= 0.6 is 11.6 Å². The summed E-state index contributed by atoms with van der Waals surface area (Å²) in [5.74, 6) is -1.61. The molecule has 1 aliphatic rings. The maximum Gasteiger partial charge on any atom is 0.227 e. The van der Waals surface area contributed by atoms with Gasteiger partial charge in [-0.3, -0.25) is 9.59 Å². The molecule has 0 N–H and O–H groups in total. The Kier molecular flexibility index (Phi) is 5.03. The van der Waals surface area contributed by atoms with Crippen molar-refractivity contribution < 1.29 is 18.4 Å². The number of carbonyl (C=O) groups is 2. The number of benzene rings is 1. The molecule has 17 heavy (non-hydrogen) atoms. The maximum atomic E-state index is 12.8. The molecule has 6 heteroatoms. The van der Waals surface area contributed by atoms with Crippen LogP contribution in [0.25, 0.3) is 0 Å². The van der Waals surface area contributed by atoms with E-state index in [1.54, 1.807) is 0 Å². The normalized spacial score (nSPS) is 14.3. The van der Waals surface area contributed by atoms with Crippen LogP contribution in [-0.4, -0.2) is 18.2 Å².